The third kappa shape index (κ3) is 3.45. The average molecular weight is 376 g/mol. The first kappa shape index (κ1) is 18.1. The molecule has 1 atom stereocenters. The van der Waals surface area contributed by atoms with Crippen molar-refractivity contribution in [1.82, 2.24) is 9.88 Å². The number of pyridine rings is 1. The van der Waals surface area contributed by atoms with E-state index in [1.54, 1.807) is 41.4 Å². The molecule has 1 amide bonds. The molecule has 0 aliphatic carbocycles. The van der Waals surface area contributed by atoms with E-state index in [1.807, 2.05) is 13.0 Å². The topological polar surface area (TPSA) is 80.5 Å². The number of carbonyl (C=O) groups is 2. The molecule has 4 rings (SSSR count). The second-order valence-electron chi connectivity index (χ2n) is 7.14. The van der Waals surface area contributed by atoms with Crippen molar-refractivity contribution in [1.29, 1.82) is 0 Å². The predicted molar refractivity (Wildman–Crippen MR) is 104 cm³/mol. The van der Waals surface area contributed by atoms with Gasteiger partial charge in [0.25, 0.3) is 5.91 Å². The number of hydrogen-bond acceptors (Lipinski definition) is 5. The summed E-state index contributed by atoms with van der Waals surface area (Å²) in [6.45, 7) is 2.72. The molecule has 1 fully saturated rings. The van der Waals surface area contributed by atoms with Crippen LogP contribution in [0.25, 0.3) is 11.0 Å². The van der Waals surface area contributed by atoms with Gasteiger partial charge in [-0.2, -0.15) is 0 Å². The average Bonchev–Trinajstić information content (AvgIpc) is 2.73. The Morgan fingerprint density at radius 3 is 2.82 bits per heavy atom. The molecule has 0 N–H and O–H groups in total. The van der Waals surface area contributed by atoms with E-state index in [4.69, 9.17) is 4.42 Å². The summed E-state index contributed by atoms with van der Waals surface area (Å²) in [6.07, 6.45) is 3.01. The highest BCUT2D eigenvalue weighted by atomic mass is 16.3. The van der Waals surface area contributed by atoms with Gasteiger partial charge in [0.2, 0.25) is 0 Å². The molecule has 0 spiro atoms. The van der Waals surface area contributed by atoms with Crippen molar-refractivity contribution in [3.05, 3.63) is 75.9 Å². The largest absolute Gasteiger partial charge is 0.451 e. The van der Waals surface area contributed by atoms with Gasteiger partial charge in [0.05, 0.1) is 5.39 Å². The van der Waals surface area contributed by atoms with Crippen molar-refractivity contribution in [2.24, 2.45) is 5.92 Å². The van der Waals surface area contributed by atoms with Gasteiger partial charge in [-0.05, 0) is 49.6 Å². The minimum Gasteiger partial charge on any atom is -0.451 e. The predicted octanol–water partition coefficient (Wildman–Crippen LogP) is 3.23. The van der Waals surface area contributed by atoms with Gasteiger partial charge < -0.3 is 9.32 Å². The Morgan fingerprint density at radius 2 is 2.04 bits per heavy atom. The van der Waals surface area contributed by atoms with Crippen LogP contribution < -0.4 is 5.43 Å². The maximum atomic E-state index is 13.0. The lowest BCUT2D eigenvalue weighted by molar-refractivity contribution is 0.0609. The number of likely N-dealkylation sites (tertiary alicyclic amines) is 1. The van der Waals surface area contributed by atoms with E-state index in [1.165, 1.54) is 6.07 Å². The quantitative estimate of drug-likeness (QED) is 0.656. The van der Waals surface area contributed by atoms with Crippen molar-refractivity contribution in [2.45, 2.75) is 19.8 Å². The lowest BCUT2D eigenvalue weighted by atomic mass is 9.91. The lowest BCUT2D eigenvalue weighted by Crippen LogP contribution is -2.42. The van der Waals surface area contributed by atoms with Crippen molar-refractivity contribution in [3.8, 4) is 0 Å². The summed E-state index contributed by atoms with van der Waals surface area (Å²) in [6, 6.07) is 11.7. The van der Waals surface area contributed by atoms with Crippen molar-refractivity contribution in [3.63, 3.8) is 0 Å². The monoisotopic (exact) mass is 376 g/mol. The van der Waals surface area contributed by atoms with Crippen molar-refractivity contribution in [2.75, 3.05) is 13.1 Å². The van der Waals surface area contributed by atoms with Crippen LogP contribution in [0.2, 0.25) is 0 Å². The van der Waals surface area contributed by atoms with Gasteiger partial charge in [-0.25, -0.2) is 0 Å². The fraction of sp³-hybridized carbons (Fsp3) is 0.273. The number of amides is 1. The number of Topliss-reactive ketones (excluding diaryl/α,β-unsaturated/α-hetero) is 1. The van der Waals surface area contributed by atoms with Gasteiger partial charge in [-0.1, -0.05) is 12.1 Å². The van der Waals surface area contributed by atoms with Crippen LogP contribution in [-0.4, -0.2) is 34.7 Å². The highest BCUT2D eigenvalue weighted by Crippen LogP contribution is 2.23. The van der Waals surface area contributed by atoms with Crippen LogP contribution in [-0.2, 0) is 0 Å². The zero-order valence-electron chi connectivity index (χ0n) is 15.6. The van der Waals surface area contributed by atoms with Gasteiger partial charge in [-0.15, -0.1) is 0 Å². The number of benzene rings is 1. The molecule has 1 saturated heterocycles. The zero-order chi connectivity index (χ0) is 19.7. The highest BCUT2D eigenvalue weighted by molar-refractivity contribution is 5.97. The third-order valence-corrected chi connectivity index (χ3v) is 5.09. The Hall–Kier alpha value is -3.28. The lowest BCUT2D eigenvalue weighted by Gasteiger charge is -2.31. The summed E-state index contributed by atoms with van der Waals surface area (Å²) in [5, 5.41) is 0.448. The van der Waals surface area contributed by atoms with Gasteiger partial charge >= 0.3 is 0 Å². The summed E-state index contributed by atoms with van der Waals surface area (Å²) in [5.41, 5.74) is 1.51. The van der Waals surface area contributed by atoms with Gasteiger partial charge in [0.15, 0.2) is 17.0 Å². The normalized spacial score (nSPS) is 16.9. The first-order chi connectivity index (χ1) is 13.5. The molecular formula is C22H20N2O4. The molecule has 6 nitrogen and oxygen atoms in total. The van der Waals surface area contributed by atoms with E-state index >= 15 is 0 Å². The highest BCUT2D eigenvalue weighted by Gasteiger charge is 2.31. The van der Waals surface area contributed by atoms with Crippen molar-refractivity contribution >= 4 is 22.7 Å². The smallest absolute Gasteiger partial charge is 0.289 e. The Morgan fingerprint density at radius 1 is 1.18 bits per heavy atom. The fourth-order valence-corrected chi connectivity index (χ4v) is 3.62. The molecule has 0 bridgehead atoms. The van der Waals surface area contributed by atoms with Crippen molar-refractivity contribution < 1.29 is 14.0 Å². The fourth-order valence-electron chi connectivity index (χ4n) is 3.62. The Balaban J connectivity index is 1.59. The van der Waals surface area contributed by atoms with Crippen LogP contribution in [0.5, 0.6) is 0 Å². The van der Waals surface area contributed by atoms with Crippen LogP contribution in [0.1, 0.15) is 39.4 Å². The van der Waals surface area contributed by atoms with E-state index in [2.05, 4.69) is 4.98 Å². The maximum absolute atomic E-state index is 13.0. The van der Waals surface area contributed by atoms with E-state index in [-0.39, 0.29) is 28.8 Å². The standard InChI is InChI=1S/C22H20N2O4/c1-14-7-8-16-18(25)12-20(28-19(16)11-14)22(27)24-10-4-5-15(13-24)21(26)17-6-2-3-9-23-17/h2-3,6-9,11-12,15H,4-5,10,13H2,1H3. The van der Waals surface area contributed by atoms with E-state index in [0.717, 1.165) is 5.56 Å². The Bertz CT molecular complexity index is 1100. The molecule has 3 heterocycles. The number of rotatable bonds is 3. The van der Waals surface area contributed by atoms with Crippen LogP contribution in [0.3, 0.4) is 0 Å². The third-order valence-electron chi connectivity index (χ3n) is 5.09. The number of aryl methyl sites for hydroxylation is 1. The maximum Gasteiger partial charge on any atom is 0.289 e. The minimum absolute atomic E-state index is 0.00837. The van der Waals surface area contributed by atoms with Crippen LogP contribution >= 0.6 is 0 Å². The number of nitrogens with zero attached hydrogens (tertiary/aromatic N) is 2. The molecule has 6 heteroatoms. The molecule has 1 unspecified atom stereocenters. The number of aromatic nitrogens is 1. The van der Waals surface area contributed by atoms with Crippen LogP contribution in [0.4, 0.5) is 0 Å². The number of hydrogen-bond donors (Lipinski definition) is 0. The number of ketones is 1. The van der Waals surface area contributed by atoms with E-state index < -0.39 is 0 Å². The SMILES string of the molecule is Cc1ccc2c(=O)cc(C(=O)N3CCCC(C(=O)c4ccccn4)C3)oc2c1. The molecule has 1 aliphatic rings. The molecule has 0 saturated carbocycles. The number of piperidine rings is 1. The van der Waals surface area contributed by atoms with E-state index in [0.29, 0.717) is 42.6 Å². The number of carbonyl (C=O) groups excluding carboxylic acids is 2. The number of fused-ring (bicyclic) bond motifs is 1. The summed E-state index contributed by atoms with van der Waals surface area (Å²) < 4.78 is 5.73. The van der Waals surface area contributed by atoms with Gasteiger partial charge in [0.1, 0.15) is 11.3 Å². The second-order valence-corrected chi connectivity index (χ2v) is 7.14. The summed E-state index contributed by atoms with van der Waals surface area (Å²) in [5.74, 6) is -0.719. The van der Waals surface area contributed by atoms with E-state index in [9.17, 15) is 14.4 Å². The Labute approximate surface area is 161 Å². The van der Waals surface area contributed by atoms with Crippen LogP contribution in [0.15, 0.2) is 57.9 Å². The Kier molecular flexibility index (Phi) is 4.77. The summed E-state index contributed by atoms with van der Waals surface area (Å²) in [4.78, 5) is 43.7. The second kappa shape index (κ2) is 7.38. The van der Waals surface area contributed by atoms with Gasteiger partial charge in [-0.3, -0.25) is 19.4 Å². The summed E-state index contributed by atoms with van der Waals surface area (Å²) >= 11 is 0. The summed E-state index contributed by atoms with van der Waals surface area (Å²) in [7, 11) is 0. The molecule has 2 aromatic heterocycles. The molecular weight excluding hydrogens is 356 g/mol. The van der Waals surface area contributed by atoms with Crippen LogP contribution in [0, 0.1) is 12.8 Å². The molecule has 142 valence electrons. The van der Waals surface area contributed by atoms with Gasteiger partial charge in [0, 0.05) is 31.3 Å². The minimum atomic E-state index is -0.362. The molecule has 1 aliphatic heterocycles. The zero-order valence-corrected chi connectivity index (χ0v) is 15.6. The first-order valence-electron chi connectivity index (χ1n) is 9.32. The molecule has 0 radical (unpaired) electrons. The molecule has 28 heavy (non-hydrogen) atoms. The molecule has 3 aromatic rings. The first-order valence-corrected chi connectivity index (χ1v) is 9.32. The molecule has 1 aromatic carbocycles.